The zero-order valence-corrected chi connectivity index (χ0v) is 18.4. The molecule has 168 valence electrons. The molecule has 2 heterocycles. The van der Waals surface area contributed by atoms with E-state index in [0.717, 1.165) is 54.3 Å². The first-order chi connectivity index (χ1) is 16.2. The number of H-pyrrole nitrogens is 1. The maximum absolute atomic E-state index is 13.4. The Bertz CT molecular complexity index is 1270. The molecule has 0 saturated carbocycles. The molecule has 6 heteroatoms. The minimum absolute atomic E-state index is 0.0868. The van der Waals surface area contributed by atoms with Crippen LogP contribution in [0.25, 0.3) is 10.9 Å². The number of aromatic amines is 1. The number of nitrogens with zero attached hydrogens (tertiary/aromatic N) is 1. The first kappa shape index (κ1) is 21.3. The molecule has 1 aliphatic carbocycles. The van der Waals surface area contributed by atoms with E-state index < -0.39 is 0 Å². The lowest BCUT2D eigenvalue weighted by molar-refractivity contribution is 0.0951. The van der Waals surface area contributed by atoms with E-state index in [2.05, 4.69) is 20.6 Å². The molecule has 1 amide bonds. The van der Waals surface area contributed by atoms with Crippen molar-refractivity contribution >= 4 is 16.8 Å². The van der Waals surface area contributed by atoms with Crippen molar-refractivity contribution in [3.63, 3.8) is 0 Å². The van der Waals surface area contributed by atoms with Gasteiger partial charge in [-0.15, -0.1) is 0 Å². The summed E-state index contributed by atoms with van der Waals surface area (Å²) in [4.78, 5) is 20.4. The molecule has 5 nitrogen and oxygen atoms in total. The van der Waals surface area contributed by atoms with Crippen LogP contribution in [0.15, 0.2) is 67.0 Å². The fourth-order valence-corrected chi connectivity index (χ4v) is 4.68. The second-order valence-corrected chi connectivity index (χ2v) is 8.60. The van der Waals surface area contributed by atoms with E-state index in [0.29, 0.717) is 12.1 Å². The highest BCUT2D eigenvalue weighted by Gasteiger charge is 2.24. The summed E-state index contributed by atoms with van der Waals surface area (Å²) in [6.45, 7) is 1.23. The van der Waals surface area contributed by atoms with Crippen molar-refractivity contribution in [3.05, 3.63) is 101 Å². The Morgan fingerprint density at radius 1 is 1.12 bits per heavy atom. The Morgan fingerprint density at radius 3 is 2.88 bits per heavy atom. The maximum atomic E-state index is 13.4. The highest BCUT2D eigenvalue weighted by atomic mass is 19.1. The second kappa shape index (κ2) is 9.55. The smallest absolute Gasteiger partial charge is 0.251 e. The van der Waals surface area contributed by atoms with Gasteiger partial charge in [0.2, 0.25) is 0 Å². The summed E-state index contributed by atoms with van der Waals surface area (Å²) in [5, 5.41) is 7.74. The van der Waals surface area contributed by atoms with Gasteiger partial charge >= 0.3 is 0 Å². The Kier molecular flexibility index (Phi) is 6.17. The van der Waals surface area contributed by atoms with E-state index in [9.17, 15) is 9.18 Å². The summed E-state index contributed by atoms with van der Waals surface area (Å²) >= 11 is 0. The largest absolute Gasteiger partial charge is 0.357 e. The summed E-state index contributed by atoms with van der Waals surface area (Å²) < 4.78 is 13.4. The number of carbonyl (C=O) groups excluding carboxylic acids is 1. The van der Waals surface area contributed by atoms with Crippen molar-refractivity contribution in [2.45, 2.75) is 38.3 Å². The van der Waals surface area contributed by atoms with Crippen LogP contribution >= 0.6 is 0 Å². The molecular formula is C27H27FN4O. The molecule has 2 aromatic carbocycles. The molecule has 1 unspecified atom stereocenters. The average molecular weight is 443 g/mol. The number of halogens is 1. The van der Waals surface area contributed by atoms with Crippen LogP contribution in [0.4, 0.5) is 4.39 Å². The topological polar surface area (TPSA) is 69.8 Å². The Morgan fingerprint density at radius 2 is 2.03 bits per heavy atom. The second-order valence-electron chi connectivity index (χ2n) is 8.60. The van der Waals surface area contributed by atoms with Crippen LogP contribution in [0.3, 0.4) is 0 Å². The summed E-state index contributed by atoms with van der Waals surface area (Å²) in [7, 11) is 0. The number of aryl methyl sites for hydroxylation is 1. The highest BCUT2D eigenvalue weighted by Crippen LogP contribution is 2.35. The van der Waals surface area contributed by atoms with Gasteiger partial charge in [0.05, 0.1) is 0 Å². The third-order valence-corrected chi connectivity index (χ3v) is 6.34. The number of rotatable bonds is 7. The fraction of sp³-hybridized carbons (Fsp3) is 0.259. The Hall–Kier alpha value is -3.51. The zero-order chi connectivity index (χ0) is 22.6. The van der Waals surface area contributed by atoms with E-state index in [1.807, 2.05) is 36.4 Å². The van der Waals surface area contributed by atoms with Gasteiger partial charge in [-0.25, -0.2) is 4.39 Å². The molecule has 3 N–H and O–H groups in total. The predicted octanol–water partition coefficient (Wildman–Crippen LogP) is 4.84. The van der Waals surface area contributed by atoms with Gasteiger partial charge in [-0.1, -0.05) is 18.2 Å². The van der Waals surface area contributed by atoms with Gasteiger partial charge in [-0.2, -0.15) is 0 Å². The molecule has 1 aliphatic rings. The molecule has 5 rings (SSSR count). The molecule has 33 heavy (non-hydrogen) atoms. The average Bonchev–Trinajstić information content (AvgIpc) is 3.22. The third kappa shape index (κ3) is 4.81. The molecule has 0 saturated heterocycles. The Labute approximate surface area is 192 Å². The van der Waals surface area contributed by atoms with Crippen LogP contribution in [0.1, 0.15) is 51.6 Å². The lowest BCUT2D eigenvalue weighted by Gasteiger charge is -2.24. The van der Waals surface area contributed by atoms with Crippen LogP contribution in [-0.4, -0.2) is 22.4 Å². The quantitative estimate of drug-likeness (QED) is 0.384. The van der Waals surface area contributed by atoms with E-state index in [1.54, 1.807) is 24.5 Å². The maximum Gasteiger partial charge on any atom is 0.251 e. The van der Waals surface area contributed by atoms with Gasteiger partial charge in [-0.05, 0) is 85.3 Å². The van der Waals surface area contributed by atoms with Crippen molar-refractivity contribution < 1.29 is 9.18 Å². The molecule has 0 radical (unpaired) electrons. The Balaban J connectivity index is 1.29. The lowest BCUT2D eigenvalue weighted by atomic mass is 9.91. The number of fused-ring (bicyclic) bond motifs is 3. The van der Waals surface area contributed by atoms with Crippen LogP contribution in [0, 0.1) is 5.82 Å². The molecule has 0 fully saturated rings. The number of amides is 1. The van der Waals surface area contributed by atoms with Crippen molar-refractivity contribution in [1.82, 2.24) is 20.6 Å². The van der Waals surface area contributed by atoms with Gasteiger partial charge in [0, 0.05) is 47.1 Å². The molecule has 0 spiro atoms. The number of hydrogen-bond donors (Lipinski definition) is 3. The van der Waals surface area contributed by atoms with Gasteiger partial charge in [0.25, 0.3) is 5.91 Å². The molecule has 0 bridgehead atoms. The summed E-state index contributed by atoms with van der Waals surface area (Å²) in [6, 6.07) is 16.7. The minimum Gasteiger partial charge on any atom is -0.357 e. The number of pyridine rings is 1. The van der Waals surface area contributed by atoms with E-state index in [-0.39, 0.29) is 17.8 Å². The van der Waals surface area contributed by atoms with Gasteiger partial charge in [0.1, 0.15) is 5.82 Å². The van der Waals surface area contributed by atoms with E-state index in [1.165, 1.54) is 17.3 Å². The van der Waals surface area contributed by atoms with Crippen molar-refractivity contribution in [2.75, 3.05) is 6.54 Å². The zero-order valence-electron chi connectivity index (χ0n) is 18.4. The molecule has 2 aromatic heterocycles. The van der Waals surface area contributed by atoms with Crippen LogP contribution in [0.5, 0.6) is 0 Å². The number of hydrogen-bond acceptors (Lipinski definition) is 3. The third-order valence-electron chi connectivity index (χ3n) is 6.34. The van der Waals surface area contributed by atoms with Crippen LogP contribution in [-0.2, 0) is 19.4 Å². The fourth-order valence-electron chi connectivity index (χ4n) is 4.68. The summed E-state index contributed by atoms with van der Waals surface area (Å²) in [6.07, 6.45) is 7.41. The SMILES string of the molecule is O=C(NCc1cccnc1)c1ccc2[nH]c3c(c2c1)CCCC3NCCc1cccc(F)c1. The van der Waals surface area contributed by atoms with Gasteiger partial charge in [-0.3, -0.25) is 9.78 Å². The van der Waals surface area contributed by atoms with Crippen molar-refractivity contribution in [3.8, 4) is 0 Å². The van der Waals surface area contributed by atoms with Crippen LogP contribution < -0.4 is 10.6 Å². The highest BCUT2D eigenvalue weighted by molar-refractivity contribution is 5.99. The van der Waals surface area contributed by atoms with E-state index >= 15 is 0 Å². The normalized spacial score (nSPS) is 15.4. The van der Waals surface area contributed by atoms with Crippen molar-refractivity contribution in [1.29, 1.82) is 0 Å². The summed E-state index contributed by atoms with van der Waals surface area (Å²) in [5.74, 6) is -0.278. The molecule has 1 atom stereocenters. The first-order valence-corrected chi connectivity index (χ1v) is 11.5. The number of aromatic nitrogens is 2. The lowest BCUT2D eigenvalue weighted by Crippen LogP contribution is -2.27. The molecular weight excluding hydrogens is 415 g/mol. The summed E-state index contributed by atoms with van der Waals surface area (Å²) in [5.41, 5.74) is 6.19. The molecule has 4 aromatic rings. The molecule has 0 aliphatic heterocycles. The number of benzene rings is 2. The minimum atomic E-state index is -0.191. The van der Waals surface area contributed by atoms with Crippen LogP contribution in [0.2, 0.25) is 0 Å². The number of carbonyl (C=O) groups is 1. The van der Waals surface area contributed by atoms with Crippen molar-refractivity contribution in [2.24, 2.45) is 0 Å². The number of nitrogens with one attached hydrogen (secondary N) is 3. The van der Waals surface area contributed by atoms with Gasteiger partial charge < -0.3 is 15.6 Å². The van der Waals surface area contributed by atoms with Gasteiger partial charge in [0.15, 0.2) is 0 Å². The monoisotopic (exact) mass is 442 g/mol. The first-order valence-electron chi connectivity index (χ1n) is 11.5. The standard InChI is InChI=1S/C27H27FN4O/c28-21-6-1-4-18(14-21)11-13-30-25-8-2-7-22-23-15-20(9-10-24(23)32-26(22)25)27(33)31-17-19-5-3-12-29-16-19/h1,3-6,9-10,12,14-16,25,30,32H,2,7-8,11,13,17H2,(H,31,33). The van der Waals surface area contributed by atoms with E-state index in [4.69, 9.17) is 0 Å². The predicted molar refractivity (Wildman–Crippen MR) is 127 cm³/mol.